The van der Waals surface area contributed by atoms with Gasteiger partial charge in [0, 0.05) is 0 Å². The Kier molecular flexibility index (Phi) is 5.81. The molecule has 1 rings (SSSR count). The van der Waals surface area contributed by atoms with Crippen LogP contribution in [0, 0.1) is 0 Å². The van der Waals surface area contributed by atoms with Crippen molar-refractivity contribution in [3.8, 4) is 0 Å². The zero-order chi connectivity index (χ0) is 15.2. The highest BCUT2D eigenvalue weighted by Gasteiger charge is 2.16. The molecule has 0 bridgehead atoms. The van der Waals surface area contributed by atoms with E-state index in [1.165, 1.54) is 5.56 Å². The average molecular weight is 276 g/mol. The van der Waals surface area contributed by atoms with Crippen LogP contribution >= 0.6 is 0 Å². The zero-order valence-corrected chi connectivity index (χ0v) is 13.0. The Hall–Kier alpha value is -1.77. The van der Waals surface area contributed by atoms with Gasteiger partial charge in [0.15, 0.2) is 0 Å². The number of carbonyl (C=O) groups excluding carboxylic acids is 1. The standard InChI is InChI=1S/C17H24O3/c1-13(2)15-10-8-14(9-11-15)7-6-12-19-16(18)20-17(3,4)5/h6-11,13H,12H2,1-5H3/b7-6+. The van der Waals surface area contributed by atoms with Crippen molar-refractivity contribution in [1.29, 1.82) is 0 Å². The quantitative estimate of drug-likeness (QED) is 0.743. The Bertz CT molecular complexity index is 450. The normalized spacial score (nSPS) is 11.9. The summed E-state index contributed by atoms with van der Waals surface area (Å²) in [4.78, 5) is 11.3. The van der Waals surface area contributed by atoms with E-state index in [1.807, 2.05) is 6.08 Å². The first-order chi connectivity index (χ1) is 9.28. The third kappa shape index (κ3) is 6.41. The monoisotopic (exact) mass is 276 g/mol. The maximum atomic E-state index is 11.3. The molecule has 0 aliphatic heterocycles. The fourth-order valence-corrected chi connectivity index (χ4v) is 1.57. The first-order valence-electron chi connectivity index (χ1n) is 6.90. The van der Waals surface area contributed by atoms with Crippen LogP contribution in [0.2, 0.25) is 0 Å². The van der Waals surface area contributed by atoms with Gasteiger partial charge in [0.2, 0.25) is 0 Å². The molecule has 0 fully saturated rings. The predicted molar refractivity (Wildman–Crippen MR) is 81.8 cm³/mol. The summed E-state index contributed by atoms with van der Waals surface area (Å²) < 4.78 is 9.99. The lowest BCUT2D eigenvalue weighted by molar-refractivity contribution is -0.00234. The molecule has 0 saturated heterocycles. The van der Waals surface area contributed by atoms with Gasteiger partial charge in [-0.15, -0.1) is 0 Å². The molecule has 1 aromatic rings. The van der Waals surface area contributed by atoms with Gasteiger partial charge in [0.1, 0.15) is 12.2 Å². The van der Waals surface area contributed by atoms with E-state index in [0.29, 0.717) is 5.92 Å². The molecule has 110 valence electrons. The van der Waals surface area contributed by atoms with Crippen LogP contribution in [0.4, 0.5) is 4.79 Å². The molecule has 0 aliphatic carbocycles. The van der Waals surface area contributed by atoms with Crippen LogP contribution < -0.4 is 0 Å². The van der Waals surface area contributed by atoms with Gasteiger partial charge in [-0.1, -0.05) is 44.2 Å². The first kappa shape index (κ1) is 16.3. The van der Waals surface area contributed by atoms with E-state index in [1.54, 1.807) is 26.8 Å². The summed E-state index contributed by atoms with van der Waals surface area (Å²) in [5.74, 6) is 0.531. The summed E-state index contributed by atoms with van der Waals surface area (Å²) in [7, 11) is 0. The lowest BCUT2D eigenvalue weighted by Crippen LogP contribution is -2.24. The van der Waals surface area contributed by atoms with Gasteiger partial charge < -0.3 is 9.47 Å². The number of rotatable bonds is 4. The highest BCUT2D eigenvalue weighted by molar-refractivity contribution is 5.61. The van der Waals surface area contributed by atoms with E-state index < -0.39 is 11.8 Å². The predicted octanol–water partition coefficient (Wildman–Crippen LogP) is 4.77. The smallest absolute Gasteiger partial charge is 0.430 e. The number of carbonyl (C=O) groups is 1. The van der Waals surface area contributed by atoms with Crippen LogP contribution in [-0.4, -0.2) is 18.4 Å². The maximum absolute atomic E-state index is 11.3. The average Bonchev–Trinajstić information content (AvgIpc) is 2.33. The van der Waals surface area contributed by atoms with Gasteiger partial charge in [-0.3, -0.25) is 0 Å². The molecule has 0 aliphatic rings. The van der Waals surface area contributed by atoms with Gasteiger partial charge >= 0.3 is 6.16 Å². The highest BCUT2D eigenvalue weighted by Crippen LogP contribution is 2.15. The number of ether oxygens (including phenoxy) is 2. The molecule has 0 radical (unpaired) electrons. The van der Waals surface area contributed by atoms with Gasteiger partial charge in [-0.05, 0) is 43.9 Å². The van der Waals surface area contributed by atoms with Crippen LogP contribution in [0.15, 0.2) is 30.3 Å². The molecule has 0 N–H and O–H groups in total. The van der Waals surface area contributed by atoms with Crippen molar-refractivity contribution in [2.45, 2.75) is 46.1 Å². The molecule has 0 unspecified atom stereocenters. The Morgan fingerprint density at radius 3 is 2.30 bits per heavy atom. The van der Waals surface area contributed by atoms with E-state index in [4.69, 9.17) is 9.47 Å². The minimum absolute atomic E-state index is 0.209. The van der Waals surface area contributed by atoms with Crippen LogP contribution in [0.3, 0.4) is 0 Å². The molecule has 0 heterocycles. The topological polar surface area (TPSA) is 35.5 Å². The molecular weight excluding hydrogens is 252 g/mol. The third-order valence-corrected chi connectivity index (χ3v) is 2.60. The summed E-state index contributed by atoms with van der Waals surface area (Å²) >= 11 is 0. The van der Waals surface area contributed by atoms with Crippen molar-refractivity contribution in [3.63, 3.8) is 0 Å². The van der Waals surface area contributed by atoms with E-state index in [-0.39, 0.29) is 6.61 Å². The number of hydrogen-bond acceptors (Lipinski definition) is 3. The van der Waals surface area contributed by atoms with E-state index in [9.17, 15) is 4.79 Å². The third-order valence-electron chi connectivity index (χ3n) is 2.60. The van der Waals surface area contributed by atoms with Gasteiger partial charge in [0.25, 0.3) is 0 Å². The Labute approximate surface area is 121 Å². The second-order valence-corrected chi connectivity index (χ2v) is 6.00. The number of hydrogen-bond donors (Lipinski definition) is 0. The minimum Gasteiger partial charge on any atom is -0.430 e. The van der Waals surface area contributed by atoms with Crippen molar-refractivity contribution >= 4 is 12.2 Å². The lowest BCUT2D eigenvalue weighted by atomic mass is 10.0. The highest BCUT2D eigenvalue weighted by atomic mass is 16.7. The fraction of sp³-hybridized carbons (Fsp3) is 0.471. The molecule has 1 aromatic carbocycles. The Morgan fingerprint density at radius 2 is 1.80 bits per heavy atom. The van der Waals surface area contributed by atoms with Crippen molar-refractivity contribution in [2.75, 3.05) is 6.61 Å². The van der Waals surface area contributed by atoms with Crippen LogP contribution in [0.5, 0.6) is 0 Å². The van der Waals surface area contributed by atoms with Crippen molar-refractivity contribution in [2.24, 2.45) is 0 Å². The van der Waals surface area contributed by atoms with Gasteiger partial charge in [0.05, 0.1) is 0 Å². The second-order valence-electron chi connectivity index (χ2n) is 6.00. The van der Waals surface area contributed by atoms with Crippen LogP contribution in [-0.2, 0) is 9.47 Å². The minimum atomic E-state index is -0.641. The Balaban J connectivity index is 2.40. The van der Waals surface area contributed by atoms with E-state index in [0.717, 1.165) is 5.56 Å². The van der Waals surface area contributed by atoms with Gasteiger partial charge in [-0.25, -0.2) is 4.79 Å². The van der Waals surface area contributed by atoms with Gasteiger partial charge in [-0.2, -0.15) is 0 Å². The molecule has 0 amide bonds. The summed E-state index contributed by atoms with van der Waals surface area (Å²) in [6, 6.07) is 8.33. The molecule has 0 atom stereocenters. The molecule has 0 spiro atoms. The zero-order valence-electron chi connectivity index (χ0n) is 13.0. The summed E-state index contributed by atoms with van der Waals surface area (Å²) in [5.41, 5.74) is 1.88. The SMILES string of the molecule is CC(C)c1ccc(/C=C/COC(=O)OC(C)(C)C)cc1. The summed E-state index contributed by atoms with van der Waals surface area (Å²) in [6.45, 7) is 9.96. The molecule has 0 saturated carbocycles. The van der Waals surface area contributed by atoms with E-state index in [2.05, 4.69) is 38.1 Å². The largest absolute Gasteiger partial charge is 0.509 e. The summed E-state index contributed by atoms with van der Waals surface area (Å²) in [5, 5.41) is 0. The molecule has 20 heavy (non-hydrogen) atoms. The van der Waals surface area contributed by atoms with Crippen molar-refractivity contribution in [3.05, 3.63) is 41.5 Å². The number of benzene rings is 1. The fourth-order valence-electron chi connectivity index (χ4n) is 1.57. The molecule has 3 heteroatoms. The molecule has 3 nitrogen and oxygen atoms in total. The van der Waals surface area contributed by atoms with Crippen LogP contribution in [0.25, 0.3) is 6.08 Å². The Morgan fingerprint density at radius 1 is 1.20 bits per heavy atom. The molecular formula is C17H24O3. The van der Waals surface area contributed by atoms with E-state index >= 15 is 0 Å². The van der Waals surface area contributed by atoms with Crippen molar-refractivity contribution < 1.29 is 14.3 Å². The maximum Gasteiger partial charge on any atom is 0.509 e. The van der Waals surface area contributed by atoms with Crippen molar-refractivity contribution in [1.82, 2.24) is 0 Å². The van der Waals surface area contributed by atoms with Crippen LogP contribution in [0.1, 0.15) is 51.7 Å². The summed E-state index contributed by atoms with van der Waals surface area (Å²) in [6.07, 6.45) is 3.08. The second kappa shape index (κ2) is 7.13. The lowest BCUT2D eigenvalue weighted by Gasteiger charge is -2.18. The first-order valence-corrected chi connectivity index (χ1v) is 6.90. The molecule has 0 aromatic heterocycles.